The highest BCUT2D eigenvalue weighted by Crippen LogP contribution is 2.75. The Bertz CT molecular complexity index is 2020. The number of allylic oxidation sites excluding steroid dienone is 1. The van der Waals surface area contributed by atoms with Gasteiger partial charge in [-0.15, -0.1) is 0 Å². The summed E-state index contributed by atoms with van der Waals surface area (Å²) in [4.78, 5) is 35.6. The number of hydrogen-bond acceptors (Lipinski definition) is 8. The van der Waals surface area contributed by atoms with Gasteiger partial charge >= 0.3 is 0 Å². The lowest BCUT2D eigenvalue weighted by Gasteiger charge is -2.70. The number of carbonyl (C=O) groups is 2. The van der Waals surface area contributed by atoms with E-state index >= 15 is 0 Å². The van der Waals surface area contributed by atoms with Crippen LogP contribution in [0, 0.1) is 52.3 Å². The summed E-state index contributed by atoms with van der Waals surface area (Å²) >= 11 is 0. The Kier molecular flexibility index (Phi) is 9.64. The summed E-state index contributed by atoms with van der Waals surface area (Å²) in [6, 6.07) is 7.01. The van der Waals surface area contributed by atoms with Crippen molar-refractivity contribution in [3.63, 3.8) is 0 Å². The lowest BCUT2D eigenvalue weighted by atomic mass is 9.34. The molecule has 0 radical (unpaired) electrons. The van der Waals surface area contributed by atoms with Crippen LogP contribution in [-0.2, 0) is 25.5 Å². The van der Waals surface area contributed by atoms with E-state index in [1.54, 1.807) is 0 Å². The van der Waals surface area contributed by atoms with Crippen molar-refractivity contribution in [2.75, 3.05) is 19.8 Å². The minimum Gasteiger partial charge on any atom is -0.392 e. The van der Waals surface area contributed by atoms with Crippen molar-refractivity contribution >= 4 is 17.3 Å². The second kappa shape index (κ2) is 13.8. The second-order valence-corrected chi connectivity index (χ2v) is 21.8. The summed E-state index contributed by atoms with van der Waals surface area (Å²) in [6.07, 6.45) is 11.6. The van der Waals surface area contributed by atoms with Crippen molar-refractivity contribution in [2.24, 2.45) is 50.3 Å². The van der Waals surface area contributed by atoms with Gasteiger partial charge in [-0.05, 0) is 128 Å². The molecule has 0 bridgehead atoms. The molecular weight excluding hydrogens is 725 g/mol. The van der Waals surface area contributed by atoms with Gasteiger partial charge in [-0.25, -0.2) is 0 Å². The van der Waals surface area contributed by atoms with Crippen LogP contribution >= 0.6 is 0 Å². The van der Waals surface area contributed by atoms with Crippen LogP contribution in [0.4, 0.5) is 0 Å². The zero-order valence-corrected chi connectivity index (χ0v) is 36.6. The van der Waals surface area contributed by atoms with Crippen LogP contribution < -0.4 is 0 Å². The van der Waals surface area contributed by atoms with E-state index in [-0.39, 0.29) is 58.0 Å². The van der Waals surface area contributed by atoms with Crippen molar-refractivity contribution < 1.29 is 29.3 Å². The Hall–Kier alpha value is -2.91. The lowest BCUT2D eigenvalue weighted by Crippen LogP contribution is -2.68. The Labute approximate surface area is 346 Å². The molecular formula is C50H68N2O6. The van der Waals surface area contributed by atoms with Gasteiger partial charge in [0.05, 0.1) is 29.6 Å². The maximum absolute atomic E-state index is 14.7. The number of ether oxygens (including phenoxy) is 2. The smallest absolute Gasteiger partial charge is 0.160 e. The summed E-state index contributed by atoms with van der Waals surface area (Å²) in [7, 11) is 0. The zero-order valence-electron chi connectivity index (χ0n) is 36.6. The first-order chi connectivity index (χ1) is 27.3. The molecule has 9 rings (SSSR count). The second-order valence-electron chi connectivity index (χ2n) is 21.8. The highest BCUT2D eigenvalue weighted by Gasteiger charge is 2.72. The van der Waals surface area contributed by atoms with Crippen LogP contribution in [0.5, 0.6) is 0 Å². The topological polar surface area (TPSA) is 112 Å². The largest absolute Gasteiger partial charge is 0.392 e. The fourth-order valence-corrected chi connectivity index (χ4v) is 14.6. The van der Waals surface area contributed by atoms with E-state index in [1.807, 2.05) is 20.0 Å². The van der Waals surface area contributed by atoms with Crippen molar-refractivity contribution in [2.45, 2.75) is 156 Å². The Morgan fingerprint density at radius 2 is 1.72 bits per heavy atom. The van der Waals surface area contributed by atoms with Crippen LogP contribution in [0.15, 0.2) is 58.4 Å². The number of aliphatic hydroxyl groups excluding tert-OH is 2. The van der Waals surface area contributed by atoms with Crippen molar-refractivity contribution in [3.05, 3.63) is 70.1 Å². The van der Waals surface area contributed by atoms with E-state index in [0.717, 1.165) is 68.6 Å². The van der Waals surface area contributed by atoms with Crippen molar-refractivity contribution in [3.8, 4) is 0 Å². The summed E-state index contributed by atoms with van der Waals surface area (Å²) in [5.74, 6) is 0.595. The number of fused-ring (bicyclic) bond motifs is 6. The van der Waals surface area contributed by atoms with E-state index in [4.69, 9.17) is 14.5 Å². The fraction of sp³-hybridized carbons (Fsp3) is 0.700. The quantitative estimate of drug-likeness (QED) is 0.243. The SMILES string of the molecule is Cc1cc(CC2=CN(CC3C4=C(C(C)CC(O)C5OC5(C)C)C(=O)CC4(C)C4(C)CCC5C(C)(C)C(=O)CCC5(C)C4C3O)C3C=CN=C23)cc(C2CCOCC2)c1. The number of carbonyl (C=O) groups excluding carboxylic acids is 2. The molecule has 8 heteroatoms. The monoisotopic (exact) mass is 793 g/mol. The molecule has 58 heavy (non-hydrogen) atoms. The molecule has 3 saturated carbocycles. The molecule has 1 aromatic rings. The first kappa shape index (κ1) is 40.5. The molecule has 4 aliphatic heterocycles. The van der Waals surface area contributed by atoms with E-state index in [2.05, 4.69) is 83.8 Å². The van der Waals surface area contributed by atoms with Gasteiger partial charge in [0.15, 0.2) is 5.78 Å². The molecule has 11 unspecified atom stereocenters. The number of aliphatic hydroxyl groups is 2. The number of rotatable bonds is 9. The Morgan fingerprint density at radius 3 is 2.43 bits per heavy atom. The third kappa shape index (κ3) is 6.07. The molecule has 4 heterocycles. The highest BCUT2D eigenvalue weighted by atomic mass is 16.6. The lowest BCUT2D eigenvalue weighted by molar-refractivity contribution is -0.219. The van der Waals surface area contributed by atoms with E-state index < -0.39 is 23.0 Å². The third-order valence-electron chi connectivity index (χ3n) is 17.6. The van der Waals surface area contributed by atoms with Crippen molar-refractivity contribution in [1.82, 2.24) is 4.90 Å². The van der Waals surface area contributed by atoms with Gasteiger partial charge in [-0.1, -0.05) is 65.3 Å². The van der Waals surface area contributed by atoms with Crippen molar-refractivity contribution in [1.29, 1.82) is 0 Å². The van der Waals surface area contributed by atoms with E-state index in [9.17, 15) is 19.8 Å². The molecule has 2 saturated heterocycles. The van der Waals surface area contributed by atoms with Gasteiger partial charge < -0.3 is 24.6 Å². The maximum atomic E-state index is 14.7. The predicted molar refractivity (Wildman–Crippen MR) is 226 cm³/mol. The minimum atomic E-state index is -0.712. The Balaban J connectivity index is 1.11. The summed E-state index contributed by atoms with van der Waals surface area (Å²) < 4.78 is 11.6. The molecule has 8 aliphatic rings. The first-order valence-electron chi connectivity index (χ1n) is 22.5. The molecule has 0 aromatic heterocycles. The molecule has 11 atom stereocenters. The first-order valence-corrected chi connectivity index (χ1v) is 22.5. The number of nitrogens with zero attached hydrogens (tertiary/aromatic N) is 2. The molecule has 1 aromatic carbocycles. The molecule has 5 fully saturated rings. The van der Waals surface area contributed by atoms with Gasteiger partial charge in [0, 0.05) is 68.2 Å². The molecule has 8 nitrogen and oxygen atoms in total. The number of ketones is 2. The molecule has 0 amide bonds. The van der Waals surface area contributed by atoms with Crippen LogP contribution in [0.1, 0.15) is 129 Å². The van der Waals surface area contributed by atoms with Crippen LogP contribution in [-0.4, -0.2) is 82.1 Å². The average molecular weight is 793 g/mol. The summed E-state index contributed by atoms with van der Waals surface area (Å²) in [5, 5.41) is 24.8. The summed E-state index contributed by atoms with van der Waals surface area (Å²) in [6.45, 7) is 21.9. The fourth-order valence-electron chi connectivity index (χ4n) is 14.6. The molecule has 4 aliphatic carbocycles. The summed E-state index contributed by atoms with van der Waals surface area (Å²) in [5.41, 5.74) is 6.28. The number of epoxide rings is 1. The van der Waals surface area contributed by atoms with E-state index in [1.165, 1.54) is 22.3 Å². The number of benzene rings is 1. The standard InChI is InChI=1S/C50H68N2O6/c1-28-20-30(23-32(21-28)31-13-18-57-19-14-31)24-33-26-52(35-12-17-51-42(33)35)27-34-41-40(29(2)22-36(53)45-47(5,6)58-45)37(54)25-50(41,9)49(8)16-10-38-46(3,4)39(55)11-15-48(38,7)44(49)43(34)56/h12,17,20-21,23,26,29,31,34-36,38,43-45,53,56H,10-11,13-16,18-19,22,24-25,27H2,1-9H3. The molecule has 0 spiro atoms. The van der Waals surface area contributed by atoms with Gasteiger partial charge in [0.25, 0.3) is 0 Å². The number of Topliss-reactive ketones (excluding diaryl/α,β-unsaturated/α-hetero) is 2. The predicted octanol–water partition coefficient (Wildman–Crippen LogP) is 8.23. The van der Waals surface area contributed by atoms with Crippen LogP contribution in [0.2, 0.25) is 0 Å². The normalized spacial score (nSPS) is 39.8. The maximum Gasteiger partial charge on any atom is 0.160 e. The number of aliphatic imine (C=N–C) groups is 1. The van der Waals surface area contributed by atoms with Crippen LogP contribution in [0.3, 0.4) is 0 Å². The average Bonchev–Trinajstić information content (AvgIpc) is 3.44. The van der Waals surface area contributed by atoms with Gasteiger partial charge in [-0.2, -0.15) is 0 Å². The molecule has 314 valence electrons. The highest BCUT2D eigenvalue weighted by molar-refractivity contribution is 6.09. The number of hydrogen-bond donors (Lipinski definition) is 2. The van der Waals surface area contributed by atoms with Gasteiger partial charge in [-0.3, -0.25) is 14.6 Å². The van der Waals surface area contributed by atoms with Crippen LogP contribution in [0.25, 0.3) is 0 Å². The third-order valence-corrected chi connectivity index (χ3v) is 17.6. The zero-order chi connectivity index (χ0) is 41.3. The van der Waals surface area contributed by atoms with E-state index in [0.29, 0.717) is 37.5 Å². The van der Waals surface area contributed by atoms with Gasteiger partial charge in [0.2, 0.25) is 0 Å². The minimum absolute atomic E-state index is 0.0305. The Morgan fingerprint density at radius 1 is 1.00 bits per heavy atom. The number of aryl methyl sites for hydroxylation is 1. The van der Waals surface area contributed by atoms with Gasteiger partial charge in [0.1, 0.15) is 11.9 Å². The molecule has 2 N–H and O–H groups in total.